The van der Waals surface area contributed by atoms with Gasteiger partial charge in [0.15, 0.2) is 11.6 Å². The monoisotopic (exact) mass is 287 g/mol. The molecule has 1 heterocycles. The highest BCUT2D eigenvalue weighted by Crippen LogP contribution is 2.28. The summed E-state index contributed by atoms with van der Waals surface area (Å²) in [6.45, 7) is 0.592. The van der Waals surface area contributed by atoms with Crippen molar-refractivity contribution in [1.82, 2.24) is 0 Å². The van der Waals surface area contributed by atoms with Crippen molar-refractivity contribution in [3.63, 3.8) is 0 Å². The molecule has 0 bridgehead atoms. The summed E-state index contributed by atoms with van der Waals surface area (Å²) >= 11 is 3.34. The number of phenolic OH excluding ortho intramolecular Hbond substituents is 1. The number of nitrogens with zero attached hydrogens (tertiary/aromatic N) is 1. The predicted octanol–water partition coefficient (Wildman–Crippen LogP) is 2.28. The Kier molecular flexibility index (Phi) is 3.14. The standard InChI is InChI=1S/C11H11BrFNO2/c12-5-7-3-11(16)14(6-7)8-1-2-10(15)9(13)4-8/h1-2,4,7,15H,3,5-6H2. The van der Waals surface area contributed by atoms with Gasteiger partial charge in [-0.2, -0.15) is 0 Å². The van der Waals surface area contributed by atoms with E-state index in [4.69, 9.17) is 5.11 Å². The van der Waals surface area contributed by atoms with Gasteiger partial charge < -0.3 is 10.0 Å². The smallest absolute Gasteiger partial charge is 0.227 e. The summed E-state index contributed by atoms with van der Waals surface area (Å²) in [5.74, 6) is -0.834. The van der Waals surface area contributed by atoms with E-state index in [-0.39, 0.29) is 11.8 Å². The van der Waals surface area contributed by atoms with E-state index in [1.807, 2.05) is 0 Å². The number of amides is 1. The fourth-order valence-electron chi connectivity index (χ4n) is 1.80. The van der Waals surface area contributed by atoms with Crippen LogP contribution in [0.3, 0.4) is 0 Å². The molecule has 0 saturated carbocycles. The lowest BCUT2D eigenvalue weighted by Gasteiger charge is -2.16. The van der Waals surface area contributed by atoms with Crippen LogP contribution in [0.5, 0.6) is 5.75 Å². The highest BCUT2D eigenvalue weighted by atomic mass is 79.9. The van der Waals surface area contributed by atoms with Crippen LogP contribution in [0.4, 0.5) is 10.1 Å². The normalized spacial score (nSPS) is 20.5. The van der Waals surface area contributed by atoms with Crippen molar-refractivity contribution in [1.29, 1.82) is 0 Å². The maximum absolute atomic E-state index is 13.1. The van der Waals surface area contributed by atoms with Crippen LogP contribution in [0.15, 0.2) is 18.2 Å². The molecule has 86 valence electrons. The Morgan fingerprint density at radius 3 is 2.88 bits per heavy atom. The van der Waals surface area contributed by atoms with E-state index in [1.54, 1.807) is 11.0 Å². The fraction of sp³-hybridized carbons (Fsp3) is 0.364. The van der Waals surface area contributed by atoms with Crippen LogP contribution in [-0.2, 0) is 4.79 Å². The molecule has 5 heteroatoms. The Hall–Kier alpha value is -1.10. The Morgan fingerprint density at radius 1 is 1.56 bits per heavy atom. The third kappa shape index (κ3) is 2.04. The minimum Gasteiger partial charge on any atom is -0.505 e. The number of hydrogen-bond donors (Lipinski definition) is 1. The first-order valence-corrected chi connectivity index (χ1v) is 6.09. The molecule has 0 spiro atoms. The van der Waals surface area contributed by atoms with Gasteiger partial charge in [-0.05, 0) is 18.1 Å². The van der Waals surface area contributed by atoms with Gasteiger partial charge in [0, 0.05) is 30.0 Å². The van der Waals surface area contributed by atoms with E-state index in [0.717, 1.165) is 5.33 Å². The quantitative estimate of drug-likeness (QED) is 0.848. The number of anilines is 1. The molecule has 1 amide bonds. The summed E-state index contributed by atoms with van der Waals surface area (Å²) < 4.78 is 13.1. The average Bonchev–Trinajstić information content (AvgIpc) is 2.64. The number of carbonyl (C=O) groups excluding carboxylic acids is 1. The summed E-state index contributed by atoms with van der Waals surface area (Å²) in [6.07, 6.45) is 0.480. The number of rotatable bonds is 2. The number of hydrogen-bond acceptors (Lipinski definition) is 2. The molecule has 16 heavy (non-hydrogen) atoms. The molecule has 0 aliphatic carbocycles. The topological polar surface area (TPSA) is 40.5 Å². The van der Waals surface area contributed by atoms with Gasteiger partial charge in [-0.15, -0.1) is 0 Å². The molecular weight excluding hydrogens is 277 g/mol. The zero-order valence-corrected chi connectivity index (χ0v) is 10.1. The third-order valence-electron chi connectivity index (χ3n) is 2.67. The van der Waals surface area contributed by atoms with Crippen LogP contribution >= 0.6 is 15.9 Å². The number of benzene rings is 1. The van der Waals surface area contributed by atoms with Crippen molar-refractivity contribution >= 4 is 27.5 Å². The maximum Gasteiger partial charge on any atom is 0.227 e. The summed E-state index contributed by atoms with van der Waals surface area (Å²) in [5.41, 5.74) is 0.503. The van der Waals surface area contributed by atoms with Crippen LogP contribution in [0.25, 0.3) is 0 Å². The van der Waals surface area contributed by atoms with Crippen LogP contribution in [0.2, 0.25) is 0 Å². The van der Waals surface area contributed by atoms with Gasteiger partial charge in [0.05, 0.1) is 0 Å². The zero-order valence-electron chi connectivity index (χ0n) is 8.49. The second-order valence-corrected chi connectivity index (χ2v) is 4.51. The lowest BCUT2D eigenvalue weighted by molar-refractivity contribution is -0.117. The Bertz CT molecular complexity index is 424. The molecule has 1 unspecified atom stereocenters. The molecule has 1 aromatic rings. The molecule has 2 rings (SSSR count). The van der Waals surface area contributed by atoms with Gasteiger partial charge in [-0.25, -0.2) is 4.39 Å². The van der Waals surface area contributed by atoms with Crippen molar-refractivity contribution in [2.45, 2.75) is 6.42 Å². The van der Waals surface area contributed by atoms with E-state index >= 15 is 0 Å². The highest BCUT2D eigenvalue weighted by Gasteiger charge is 2.30. The molecule has 1 aromatic carbocycles. The summed E-state index contributed by atoms with van der Waals surface area (Å²) in [6, 6.07) is 4.00. The second-order valence-electron chi connectivity index (χ2n) is 3.86. The Balaban J connectivity index is 2.24. The van der Waals surface area contributed by atoms with E-state index in [1.165, 1.54) is 12.1 Å². The van der Waals surface area contributed by atoms with Crippen molar-refractivity contribution < 1.29 is 14.3 Å². The molecule has 1 fully saturated rings. The number of aromatic hydroxyl groups is 1. The first-order chi connectivity index (χ1) is 7.61. The average molecular weight is 288 g/mol. The lowest BCUT2D eigenvalue weighted by atomic mass is 10.2. The van der Waals surface area contributed by atoms with Crippen LogP contribution in [0.1, 0.15) is 6.42 Å². The second kappa shape index (κ2) is 4.41. The SMILES string of the molecule is O=C1CC(CBr)CN1c1ccc(O)c(F)c1. The van der Waals surface area contributed by atoms with Crippen LogP contribution in [0, 0.1) is 11.7 Å². The zero-order chi connectivity index (χ0) is 11.7. The van der Waals surface area contributed by atoms with Crippen molar-refractivity contribution in [2.75, 3.05) is 16.8 Å². The molecule has 1 aliphatic heterocycles. The van der Waals surface area contributed by atoms with E-state index in [2.05, 4.69) is 15.9 Å². The van der Waals surface area contributed by atoms with E-state index in [0.29, 0.717) is 18.7 Å². The molecule has 0 radical (unpaired) electrons. The maximum atomic E-state index is 13.1. The van der Waals surface area contributed by atoms with E-state index < -0.39 is 11.6 Å². The van der Waals surface area contributed by atoms with Gasteiger partial charge in [0.2, 0.25) is 5.91 Å². The number of halogens is 2. The first kappa shape index (κ1) is 11.4. The molecule has 1 aliphatic rings. The number of carbonyl (C=O) groups is 1. The minimum absolute atomic E-state index is 0.00506. The Morgan fingerprint density at radius 2 is 2.31 bits per heavy atom. The lowest BCUT2D eigenvalue weighted by Crippen LogP contribution is -2.24. The van der Waals surface area contributed by atoms with Gasteiger partial charge in [-0.1, -0.05) is 15.9 Å². The predicted molar refractivity (Wildman–Crippen MR) is 62.3 cm³/mol. The summed E-state index contributed by atoms with van der Waals surface area (Å²) in [4.78, 5) is 13.2. The molecule has 1 N–H and O–H groups in total. The molecular formula is C11H11BrFNO2. The van der Waals surface area contributed by atoms with Gasteiger partial charge in [0.25, 0.3) is 0 Å². The summed E-state index contributed by atoms with van der Waals surface area (Å²) in [7, 11) is 0. The number of alkyl halides is 1. The van der Waals surface area contributed by atoms with Gasteiger partial charge >= 0.3 is 0 Å². The molecule has 1 saturated heterocycles. The van der Waals surface area contributed by atoms with Crippen LogP contribution < -0.4 is 4.90 Å². The number of phenols is 1. The van der Waals surface area contributed by atoms with Crippen molar-refractivity contribution in [2.24, 2.45) is 5.92 Å². The van der Waals surface area contributed by atoms with Crippen LogP contribution in [-0.4, -0.2) is 22.9 Å². The molecule has 0 aromatic heterocycles. The van der Waals surface area contributed by atoms with Gasteiger partial charge in [-0.3, -0.25) is 4.79 Å². The Labute approximate surface area is 101 Å². The van der Waals surface area contributed by atoms with Crippen molar-refractivity contribution in [3.8, 4) is 5.75 Å². The van der Waals surface area contributed by atoms with E-state index in [9.17, 15) is 9.18 Å². The summed E-state index contributed by atoms with van der Waals surface area (Å²) in [5, 5.41) is 9.82. The third-order valence-corrected chi connectivity index (χ3v) is 3.58. The molecule has 1 atom stereocenters. The highest BCUT2D eigenvalue weighted by molar-refractivity contribution is 9.09. The largest absolute Gasteiger partial charge is 0.505 e. The fourth-order valence-corrected chi connectivity index (χ4v) is 2.23. The minimum atomic E-state index is -0.701. The van der Waals surface area contributed by atoms with Crippen molar-refractivity contribution in [3.05, 3.63) is 24.0 Å². The first-order valence-electron chi connectivity index (χ1n) is 4.96. The molecule has 3 nitrogen and oxygen atoms in total. The van der Waals surface area contributed by atoms with Gasteiger partial charge in [0.1, 0.15) is 0 Å².